The van der Waals surface area contributed by atoms with Crippen LogP contribution in [0.4, 0.5) is 20.6 Å². The van der Waals surface area contributed by atoms with Gasteiger partial charge in [0.25, 0.3) is 5.91 Å². The van der Waals surface area contributed by atoms with E-state index in [2.05, 4.69) is 16.0 Å². The van der Waals surface area contributed by atoms with Crippen LogP contribution in [-0.2, 0) is 4.79 Å². The number of benzene rings is 2. The number of anilines is 2. The zero-order valence-corrected chi connectivity index (χ0v) is 16.1. The molecule has 1 unspecified atom stereocenters. The Hall–Kier alpha value is -3.42. The van der Waals surface area contributed by atoms with Gasteiger partial charge in [0, 0.05) is 42.5 Å². The van der Waals surface area contributed by atoms with E-state index in [-0.39, 0.29) is 11.9 Å². The van der Waals surface area contributed by atoms with Crippen LogP contribution >= 0.6 is 0 Å². The van der Waals surface area contributed by atoms with Crippen LogP contribution in [0.3, 0.4) is 0 Å². The molecule has 0 radical (unpaired) electrons. The maximum atomic E-state index is 13.3. The van der Waals surface area contributed by atoms with Gasteiger partial charge in [0.05, 0.1) is 0 Å². The van der Waals surface area contributed by atoms with Crippen LogP contribution in [0.1, 0.15) is 30.1 Å². The zero-order valence-electron chi connectivity index (χ0n) is 16.1. The molecule has 29 heavy (non-hydrogen) atoms. The van der Waals surface area contributed by atoms with Crippen molar-refractivity contribution in [2.24, 2.45) is 0 Å². The molecular formula is C21H23FN4O3. The molecule has 3 rings (SSSR count). The van der Waals surface area contributed by atoms with Crippen molar-refractivity contribution in [3.63, 3.8) is 0 Å². The van der Waals surface area contributed by atoms with E-state index in [1.54, 1.807) is 29.2 Å². The van der Waals surface area contributed by atoms with Gasteiger partial charge in [-0.2, -0.15) is 0 Å². The highest BCUT2D eigenvalue weighted by Gasteiger charge is 2.22. The Kier molecular flexibility index (Phi) is 6.43. The SMILES string of the molecule is CC(CN1CCCC1=O)NC(=O)Nc1cccc(C(=O)Nc2cccc(F)c2)c1. The van der Waals surface area contributed by atoms with Crippen molar-refractivity contribution in [3.05, 3.63) is 59.9 Å². The number of nitrogens with one attached hydrogen (secondary N) is 3. The van der Waals surface area contributed by atoms with Gasteiger partial charge in [0.1, 0.15) is 5.82 Å². The van der Waals surface area contributed by atoms with Gasteiger partial charge >= 0.3 is 6.03 Å². The monoisotopic (exact) mass is 398 g/mol. The molecule has 4 amide bonds. The molecule has 8 heteroatoms. The van der Waals surface area contributed by atoms with Gasteiger partial charge in [-0.3, -0.25) is 9.59 Å². The lowest BCUT2D eigenvalue weighted by molar-refractivity contribution is -0.127. The number of halogens is 1. The highest BCUT2D eigenvalue weighted by atomic mass is 19.1. The first-order chi connectivity index (χ1) is 13.9. The van der Waals surface area contributed by atoms with E-state index >= 15 is 0 Å². The minimum Gasteiger partial charge on any atom is -0.341 e. The van der Waals surface area contributed by atoms with Gasteiger partial charge in [-0.25, -0.2) is 9.18 Å². The largest absolute Gasteiger partial charge is 0.341 e. The first-order valence-electron chi connectivity index (χ1n) is 9.43. The van der Waals surface area contributed by atoms with Gasteiger partial charge in [0.15, 0.2) is 0 Å². The number of rotatable bonds is 6. The fraction of sp³-hybridized carbons (Fsp3) is 0.286. The summed E-state index contributed by atoms with van der Waals surface area (Å²) in [6.07, 6.45) is 1.41. The molecule has 3 N–H and O–H groups in total. The molecule has 0 bridgehead atoms. The van der Waals surface area contributed by atoms with E-state index in [4.69, 9.17) is 0 Å². The third-order valence-corrected chi connectivity index (χ3v) is 4.51. The predicted molar refractivity (Wildman–Crippen MR) is 108 cm³/mol. The summed E-state index contributed by atoms with van der Waals surface area (Å²) in [5.74, 6) is -0.753. The van der Waals surface area contributed by atoms with Crippen LogP contribution in [0.2, 0.25) is 0 Å². The van der Waals surface area contributed by atoms with Crippen LogP contribution < -0.4 is 16.0 Å². The second kappa shape index (κ2) is 9.18. The van der Waals surface area contributed by atoms with Crippen LogP contribution in [-0.4, -0.2) is 41.9 Å². The fourth-order valence-electron chi connectivity index (χ4n) is 3.17. The number of urea groups is 1. The summed E-state index contributed by atoms with van der Waals surface area (Å²) < 4.78 is 13.3. The van der Waals surface area contributed by atoms with Crippen molar-refractivity contribution in [1.82, 2.24) is 10.2 Å². The van der Waals surface area contributed by atoms with Crippen LogP contribution in [0.15, 0.2) is 48.5 Å². The second-order valence-electron chi connectivity index (χ2n) is 6.99. The van der Waals surface area contributed by atoms with E-state index in [1.807, 2.05) is 6.92 Å². The van der Waals surface area contributed by atoms with Crippen molar-refractivity contribution in [2.45, 2.75) is 25.8 Å². The Labute approximate surface area is 168 Å². The topological polar surface area (TPSA) is 90.5 Å². The smallest absolute Gasteiger partial charge is 0.319 e. The Morgan fingerprint density at radius 2 is 1.83 bits per heavy atom. The summed E-state index contributed by atoms with van der Waals surface area (Å²) in [7, 11) is 0. The molecule has 1 aliphatic rings. The first kappa shape index (κ1) is 20.3. The van der Waals surface area contributed by atoms with E-state index in [0.717, 1.165) is 13.0 Å². The van der Waals surface area contributed by atoms with Gasteiger partial charge in [-0.05, 0) is 49.7 Å². The number of amides is 4. The number of likely N-dealkylation sites (tertiary alicyclic amines) is 1. The first-order valence-corrected chi connectivity index (χ1v) is 9.43. The molecule has 7 nitrogen and oxygen atoms in total. The lowest BCUT2D eigenvalue weighted by Gasteiger charge is -2.21. The van der Waals surface area contributed by atoms with E-state index < -0.39 is 17.8 Å². The predicted octanol–water partition coefficient (Wildman–Crippen LogP) is 3.21. The van der Waals surface area contributed by atoms with Crippen molar-refractivity contribution in [3.8, 4) is 0 Å². The van der Waals surface area contributed by atoms with Crippen molar-refractivity contribution >= 4 is 29.2 Å². The normalized spacial score (nSPS) is 14.4. The number of carbonyl (C=O) groups excluding carboxylic acids is 3. The highest BCUT2D eigenvalue weighted by molar-refractivity contribution is 6.05. The minimum absolute atomic E-state index is 0.107. The Morgan fingerprint density at radius 1 is 1.10 bits per heavy atom. The molecule has 2 aromatic carbocycles. The van der Waals surface area contributed by atoms with Crippen molar-refractivity contribution in [1.29, 1.82) is 0 Å². The third-order valence-electron chi connectivity index (χ3n) is 4.51. The molecule has 1 fully saturated rings. The van der Waals surface area contributed by atoms with Crippen LogP contribution in [0, 0.1) is 5.82 Å². The van der Waals surface area contributed by atoms with E-state index in [9.17, 15) is 18.8 Å². The summed E-state index contributed by atoms with van der Waals surface area (Å²) in [6.45, 7) is 3.01. The molecular weight excluding hydrogens is 375 g/mol. The molecule has 1 atom stereocenters. The molecule has 152 valence electrons. The van der Waals surface area contributed by atoms with Crippen LogP contribution in [0.25, 0.3) is 0 Å². The fourth-order valence-corrected chi connectivity index (χ4v) is 3.17. The van der Waals surface area contributed by atoms with Gasteiger partial charge in [0.2, 0.25) is 5.91 Å². The van der Waals surface area contributed by atoms with E-state index in [1.165, 1.54) is 24.3 Å². The number of carbonyl (C=O) groups is 3. The van der Waals surface area contributed by atoms with Gasteiger partial charge in [-0.15, -0.1) is 0 Å². The average molecular weight is 398 g/mol. The quantitative estimate of drug-likeness (QED) is 0.698. The molecule has 1 heterocycles. The summed E-state index contributed by atoms with van der Waals surface area (Å²) in [5.41, 5.74) is 1.11. The lowest BCUT2D eigenvalue weighted by Crippen LogP contribution is -2.44. The molecule has 0 spiro atoms. The van der Waals surface area contributed by atoms with Crippen molar-refractivity contribution < 1.29 is 18.8 Å². The lowest BCUT2D eigenvalue weighted by atomic mass is 10.2. The number of hydrogen-bond donors (Lipinski definition) is 3. The molecule has 1 aliphatic heterocycles. The second-order valence-corrected chi connectivity index (χ2v) is 6.99. The minimum atomic E-state index is -0.445. The summed E-state index contributed by atoms with van der Waals surface area (Å²) in [6, 6.07) is 11.4. The standard InChI is InChI=1S/C21H23FN4O3/c1-14(13-26-10-4-9-19(26)27)23-21(29)25-17-7-2-5-15(11-17)20(28)24-18-8-3-6-16(22)12-18/h2-3,5-8,11-12,14H,4,9-10,13H2,1H3,(H,24,28)(H2,23,25,29). The zero-order chi connectivity index (χ0) is 20.8. The van der Waals surface area contributed by atoms with Crippen LogP contribution in [0.5, 0.6) is 0 Å². The number of hydrogen-bond acceptors (Lipinski definition) is 3. The van der Waals surface area contributed by atoms with Gasteiger partial charge < -0.3 is 20.9 Å². The molecule has 0 saturated carbocycles. The molecule has 0 aromatic heterocycles. The Morgan fingerprint density at radius 3 is 2.52 bits per heavy atom. The third kappa shape index (κ3) is 5.78. The number of nitrogens with zero attached hydrogens (tertiary/aromatic N) is 1. The average Bonchev–Trinajstić information content (AvgIpc) is 3.06. The summed E-state index contributed by atoms with van der Waals surface area (Å²) >= 11 is 0. The summed E-state index contributed by atoms with van der Waals surface area (Å²) in [5, 5.41) is 8.08. The maximum absolute atomic E-state index is 13.3. The molecule has 0 aliphatic carbocycles. The molecule has 1 saturated heterocycles. The Balaban J connectivity index is 1.55. The maximum Gasteiger partial charge on any atom is 0.319 e. The Bertz CT molecular complexity index is 918. The van der Waals surface area contributed by atoms with Crippen molar-refractivity contribution in [2.75, 3.05) is 23.7 Å². The van der Waals surface area contributed by atoms with Gasteiger partial charge in [-0.1, -0.05) is 12.1 Å². The van der Waals surface area contributed by atoms with E-state index in [0.29, 0.717) is 29.9 Å². The highest BCUT2D eigenvalue weighted by Crippen LogP contribution is 2.15. The molecule has 2 aromatic rings. The summed E-state index contributed by atoms with van der Waals surface area (Å²) in [4.78, 5) is 38.0.